The Balaban J connectivity index is 2.21. The summed E-state index contributed by atoms with van der Waals surface area (Å²) < 4.78 is 0. The van der Waals surface area contributed by atoms with Crippen molar-refractivity contribution < 1.29 is 14.4 Å². The maximum absolute atomic E-state index is 13.3. The lowest BCUT2D eigenvalue weighted by molar-refractivity contribution is -0.132. The van der Waals surface area contributed by atoms with E-state index in [2.05, 4.69) is 15.6 Å². The molecule has 3 amide bonds. The Morgan fingerprint density at radius 1 is 0.842 bits per heavy atom. The minimum atomic E-state index is -1.06. The van der Waals surface area contributed by atoms with Crippen molar-refractivity contribution in [1.29, 1.82) is 0 Å². The van der Waals surface area contributed by atoms with Gasteiger partial charge in [0.15, 0.2) is 5.96 Å². The molecule has 10 N–H and O–H groups in total. The van der Waals surface area contributed by atoms with E-state index in [-0.39, 0.29) is 24.2 Å². The van der Waals surface area contributed by atoms with Gasteiger partial charge in [0.25, 0.3) is 0 Å². The van der Waals surface area contributed by atoms with E-state index in [0.29, 0.717) is 27.7 Å². The normalized spacial score (nSPS) is 13.6. The summed E-state index contributed by atoms with van der Waals surface area (Å²) >= 11 is 12.2. The number of guanidine groups is 1. The molecule has 206 valence electrons. The van der Waals surface area contributed by atoms with Gasteiger partial charge in [-0.05, 0) is 53.6 Å². The maximum Gasteiger partial charge on any atom is 0.243 e. The molecule has 0 aliphatic heterocycles. The van der Waals surface area contributed by atoms with E-state index in [1.807, 2.05) is 20.8 Å². The number of carbonyl (C=O) groups excluding carboxylic acids is 3. The lowest BCUT2D eigenvalue weighted by atomic mass is 9.87. The van der Waals surface area contributed by atoms with E-state index >= 15 is 0 Å². The second-order valence-electron chi connectivity index (χ2n) is 10.3. The van der Waals surface area contributed by atoms with Crippen LogP contribution >= 0.6 is 23.2 Å². The second kappa shape index (κ2) is 13.5. The molecule has 2 aromatic rings. The number of aliphatic imine (C=N–C) groups is 1. The van der Waals surface area contributed by atoms with Crippen molar-refractivity contribution in [1.82, 2.24) is 10.6 Å². The number of primary amides is 1. The summed E-state index contributed by atoms with van der Waals surface area (Å²) in [6, 6.07) is 8.84. The van der Waals surface area contributed by atoms with Crippen molar-refractivity contribution in [3.8, 4) is 0 Å². The van der Waals surface area contributed by atoms with Gasteiger partial charge in [0.2, 0.25) is 17.7 Å². The van der Waals surface area contributed by atoms with Crippen LogP contribution in [0.5, 0.6) is 0 Å². The van der Waals surface area contributed by atoms with Crippen LogP contribution in [-0.4, -0.2) is 41.8 Å². The number of nitrogens with one attached hydrogen (secondary N) is 2. The first-order chi connectivity index (χ1) is 17.6. The molecule has 0 fully saturated rings. The lowest BCUT2D eigenvalue weighted by Gasteiger charge is -2.27. The van der Waals surface area contributed by atoms with Gasteiger partial charge in [-0.15, -0.1) is 0 Å². The van der Waals surface area contributed by atoms with Crippen molar-refractivity contribution in [2.24, 2.45) is 33.3 Å². The molecule has 12 heteroatoms. The number of carbonyl (C=O) groups is 3. The van der Waals surface area contributed by atoms with E-state index in [9.17, 15) is 14.4 Å². The van der Waals surface area contributed by atoms with E-state index in [1.165, 1.54) is 0 Å². The Kier molecular flexibility index (Phi) is 10.9. The zero-order chi connectivity index (χ0) is 28.6. The number of hydrogen-bond donors (Lipinski definition) is 6. The van der Waals surface area contributed by atoms with E-state index in [0.717, 1.165) is 5.56 Å². The van der Waals surface area contributed by atoms with Crippen LogP contribution in [0, 0.1) is 5.41 Å². The van der Waals surface area contributed by atoms with Crippen LogP contribution in [-0.2, 0) is 27.2 Å². The van der Waals surface area contributed by atoms with E-state index in [1.54, 1.807) is 42.5 Å². The van der Waals surface area contributed by atoms with Crippen molar-refractivity contribution in [2.45, 2.75) is 58.2 Å². The standard InChI is InChI=1S/C26H35Cl2N7O3/c1-26(2,3)13-21(22(30)36)35-24(38)20(12-15-6-9-17(27)18(28)10-15)34-23(37)19(29)11-14-4-7-16(8-5-14)33-25(31)32/h4-10,19-21H,11-13,29H2,1-3H3,(H2,30,36)(H,34,37)(H,35,38)(H4,31,32,33)/t19-,20-,21-/m0/s1. The molecule has 0 unspecified atom stereocenters. The first-order valence-electron chi connectivity index (χ1n) is 11.9. The molecule has 0 radical (unpaired) electrons. The Hall–Kier alpha value is -3.34. The van der Waals surface area contributed by atoms with E-state index in [4.69, 9.17) is 46.1 Å². The minimum Gasteiger partial charge on any atom is -0.370 e. The summed E-state index contributed by atoms with van der Waals surface area (Å²) in [5.41, 5.74) is 24.2. The monoisotopic (exact) mass is 563 g/mol. The molecule has 0 heterocycles. The van der Waals surface area contributed by atoms with Crippen molar-refractivity contribution in [2.75, 3.05) is 0 Å². The van der Waals surface area contributed by atoms with E-state index < -0.39 is 35.8 Å². The third-order valence-corrected chi connectivity index (χ3v) is 6.26. The zero-order valence-electron chi connectivity index (χ0n) is 21.6. The number of benzene rings is 2. The molecule has 3 atom stereocenters. The third kappa shape index (κ3) is 10.2. The molecule has 0 aliphatic rings. The topological polar surface area (TPSA) is 192 Å². The predicted octanol–water partition coefficient (Wildman–Crippen LogP) is 1.90. The van der Waals surface area contributed by atoms with Gasteiger partial charge in [-0.2, -0.15) is 0 Å². The average molecular weight is 565 g/mol. The molecule has 0 saturated heterocycles. The number of nitrogens with two attached hydrogens (primary N) is 4. The van der Waals surface area contributed by atoms with Gasteiger partial charge in [-0.3, -0.25) is 14.4 Å². The third-order valence-electron chi connectivity index (χ3n) is 5.52. The number of halogens is 2. The smallest absolute Gasteiger partial charge is 0.243 e. The highest BCUT2D eigenvalue weighted by molar-refractivity contribution is 6.42. The van der Waals surface area contributed by atoms with Crippen LogP contribution in [0.1, 0.15) is 38.3 Å². The van der Waals surface area contributed by atoms with Crippen LogP contribution in [0.25, 0.3) is 0 Å². The summed E-state index contributed by atoms with van der Waals surface area (Å²) in [5, 5.41) is 6.04. The minimum absolute atomic E-state index is 0.0683. The lowest BCUT2D eigenvalue weighted by Crippen LogP contribution is -2.56. The molecule has 2 rings (SSSR count). The van der Waals surface area contributed by atoms with Crippen LogP contribution in [0.4, 0.5) is 5.69 Å². The number of rotatable bonds is 11. The van der Waals surface area contributed by atoms with Crippen LogP contribution in [0.3, 0.4) is 0 Å². The fraction of sp³-hybridized carbons (Fsp3) is 0.385. The van der Waals surface area contributed by atoms with Gasteiger partial charge >= 0.3 is 0 Å². The molecule has 0 aromatic heterocycles. The van der Waals surface area contributed by atoms with Crippen LogP contribution in [0.2, 0.25) is 10.0 Å². The van der Waals surface area contributed by atoms with Gasteiger partial charge in [0.1, 0.15) is 12.1 Å². The van der Waals surface area contributed by atoms with Gasteiger partial charge in [0.05, 0.1) is 21.8 Å². The fourth-order valence-corrected chi connectivity index (χ4v) is 4.02. The second-order valence-corrected chi connectivity index (χ2v) is 11.1. The van der Waals surface area contributed by atoms with Gasteiger partial charge in [0, 0.05) is 6.42 Å². The van der Waals surface area contributed by atoms with Gasteiger partial charge in [-0.1, -0.05) is 62.2 Å². The highest BCUT2D eigenvalue weighted by Gasteiger charge is 2.30. The first-order valence-corrected chi connectivity index (χ1v) is 12.7. The first kappa shape index (κ1) is 30.9. The maximum atomic E-state index is 13.3. The largest absolute Gasteiger partial charge is 0.370 e. The summed E-state index contributed by atoms with van der Waals surface area (Å²) in [6.45, 7) is 5.77. The number of hydrogen-bond acceptors (Lipinski definition) is 5. The molecule has 0 aliphatic carbocycles. The van der Waals surface area contributed by atoms with Crippen molar-refractivity contribution in [3.05, 3.63) is 63.6 Å². The van der Waals surface area contributed by atoms with Crippen LogP contribution < -0.4 is 33.6 Å². The molecule has 2 aromatic carbocycles. The molecular formula is C26H35Cl2N7O3. The Morgan fingerprint density at radius 2 is 1.42 bits per heavy atom. The van der Waals surface area contributed by atoms with Gasteiger partial charge < -0.3 is 33.6 Å². The molecule has 38 heavy (non-hydrogen) atoms. The Labute approximate surface area is 232 Å². The summed E-state index contributed by atoms with van der Waals surface area (Å²) in [5.74, 6) is -1.87. The SMILES string of the molecule is CC(C)(C)C[C@H](NC(=O)[C@H](Cc1ccc(Cl)c(Cl)c1)NC(=O)[C@@H](N)Cc1ccc(N=C(N)N)cc1)C(N)=O. The highest BCUT2D eigenvalue weighted by atomic mass is 35.5. The highest BCUT2D eigenvalue weighted by Crippen LogP contribution is 2.24. The average Bonchev–Trinajstić information content (AvgIpc) is 2.80. The summed E-state index contributed by atoms with van der Waals surface area (Å²) in [4.78, 5) is 42.3. The summed E-state index contributed by atoms with van der Waals surface area (Å²) in [7, 11) is 0. The molecule has 10 nitrogen and oxygen atoms in total. The number of amides is 3. The Morgan fingerprint density at radius 3 is 1.95 bits per heavy atom. The van der Waals surface area contributed by atoms with Crippen molar-refractivity contribution >= 4 is 52.6 Å². The zero-order valence-corrected chi connectivity index (χ0v) is 23.1. The van der Waals surface area contributed by atoms with Gasteiger partial charge in [-0.25, -0.2) is 4.99 Å². The quantitative estimate of drug-likeness (QED) is 0.178. The summed E-state index contributed by atoms with van der Waals surface area (Å²) in [6.07, 6.45) is 0.593. The van der Waals surface area contributed by atoms with Crippen LogP contribution in [0.15, 0.2) is 47.5 Å². The molecule has 0 spiro atoms. The molecule has 0 saturated carbocycles. The fourth-order valence-electron chi connectivity index (χ4n) is 3.70. The van der Waals surface area contributed by atoms with Crippen molar-refractivity contribution in [3.63, 3.8) is 0 Å². The number of nitrogens with zero attached hydrogens (tertiary/aromatic N) is 1. The Bertz CT molecular complexity index is 1180. The molecule has 0 bridgehead atoms. The predicted molar refractivity (Wildman–Crippen MR) is 151 cm³/mol. The molecular weight excluding hydrogens is 529 g/mol.